The second-order valence-electron chi connectivity index (χ2n) is 11.5. The molecule has 0 radical (unpaired) electrons. The van der Waals surface area contributed by atoms with Crippen LogP contribution in [0.3, 0.4) is 0 Å². The third kappa shape index (κ3) is 13.0. The minimum Gasteiger partial charge on any atom is -0.329 e. The van der Waals surface area contributed by atoms with Crippen LogP contribution >= 0.6 is 31.3 Å². The van der Waals surface area contributed by atoms with Crippen molar-refractivity contribution in [2.45, 2.75) is 76.6 Å². The number of hydrogen-bond acceptors (Lipinski definition) is 12. The summed E-state index contributed by atoms with van der Waals surface area (Å²) in [5.41, 5.74) is 0. The highest BCUT2D eigenvalue weighted by Gasteiger charge is 2.61. The molecule has 1 aliphatic rings. The number of allylic oxidation sites excluding steroid dienone is 4. The van der Waals surface area contributed by atoms with Crippen molar-refractivity contribution in [2.24, 2.45) is 0 Å². The fourth-order valence-electron chi connectivity index (χ4n) is 3.43. The van der Waals surface area contributed by atoms with Crippen molar-refractivity contribution in [3.63, 3.8) is 0 Å². The Hall–Kier alpha value is 0.428. The summed E-state index contributed by atoms with van der Waals surface area (Å²) in [4.78, 5) is 0. The SMILES string of the molecule is C=CC[Si](C)(C)OP1(=O)OP(=O)(O[Si](C)(C)CC=C)OP(=O)(O[Si](C)(C)CC=C)OP(=O)(O[Si](C)(C)CC=C)O1. The van der Waals surface area contributed by atoms with E-state index < -0.39 is 64.6 Å². The van der Waals surface area contributed by atoms with Crippen LogP contribution in [-0.4, -0.2) is 33.3 Å². The number of hydrogen-bond donors (Lipinski definition) is 0. The molecule has 12 nitrogen and oxygen atoms in total. The average molecular weight is 713 g/mol. The van der Waals surface area contributed by atoms with E-state index in [1.54, 1.807) is 52.4 Å². The predicted molar refractivity (Wildman–Crippen MR) is 169 cm³/mol. The normalized spacial score (nSPS) is 30.6. The van der Waals surface area contributed by atoms with Gasteiger partial charge in [-0.3, -0.25) is 0 Å². The van der Waals surface area contributed by atoms with Crippen molar-refractivity contribution in [3.05, 3.63) is 50.6 Å². The topological polar surface area (TPSA) is 142 Å². The molecule has 0 saturated carbocycles. The van der Waals surface area contributed by atoms with Crippen LogP contribution in [0, 0.1) is 0 Å². The summed E-state index contributed by atoms with van der Waals surface area (Å²) in [5.74, 6) is 0. The maximum atomic E-state index is 14.1. The third-order valence-electron chi connectivity index (χ3n) is 4.78. The molecule has 0 spiro atoms. The molecule has 0 atom stereocenters. The maximum absolute atomic E-state index is 14.1. The summed E-state index contributed by atoms with van der Waals surface area (Å²) in [6.07, 6.45) is 6.15. The van der Waals surface area contributed by atoms with Crippen molar-refractivity contribution in [1.29, 1.82) is 0 Å². The number of rotatable bonds is 16. The average Bonchev–Trinajstić information content (AvgIpc) is 2.61. The molecular weight excluding hydrogens is 668 g/mol. The van der Waals surface area contributed by atoms with Gasteiger partial charge < -0.3 is 16.9 Å². The van der Waals surface area contributed by atoms with Crippen LogP contribution in [-0.2, 0) is 52.4 Å². The molecule has 232 valence electrons. The lowest BCUT2D eigenvalue weighted by Crippen LogP contribution is -2.33. The Morgan fingerprint density at radius 3 is 0.725 bits per heavy atom. The Labute approximate surface area is 243 Å². The second kappa shape index (κ2) is 14.0. The van der Waals surface area contributed by atoms with Crippen molar-refractivity contribution < 1.29 is 52.4 Å². The monoisotopic (exact) mass is 712 g/mol. The Morgan fingerprint density at radius 2 is 0.600 bits per heavy atom. The minimum atomic E-state index is -5.11. The van der Waals surface area contributed by atoms with E-state index in [9.17, 15) is 18.3 Å². The molecule has 0 aromatic carbocycles. The molecular formula is C20H44O12P4Si4. The van der Waals surface area contributed by atoms with Gasteiger partial charge in [0, 0.05) is 0 Å². The summed E-state index contributed by atoms with van der Waals surface area (Å²) in [7, 11) is -32.3. The van der Waals surface area contributed by atoms with Gasteiger partial charge in [0.05, 0.1) is 0 Å². The zero-order valence-corrected chi connectivity index (χ0v) is 32.2. The molecule has 0 aromatic rings. The van der Waals surface area contributed by atoms with Crippen LogP contribution in [0.15, 0.2) is 50.6 Å². The fraction of sp³-hybridized carbons (Fsp3) is 0.600. The Morgan fingerprint density at radius 1 is 0.450 bits per heavy atom. The molecule has 0 bridgehead atoms. The smallest absolute Gasteiger partial charge is 0.329 e. The van der Waals surface area contributed by atoms with E-state index in [0.717, 1.165) is 0 Å². The van der Waals surface area contributed by atoms with Crippen molar-refractivity contribution in [2.75, 3.05) is 0 Å². The molecule has 1 heterocycles. The molecule has 1 fully saturated rings. The lowest BCUT2D eigenvalue weighted by molar-refractivity contribution is 0.172. The van der Waals surface area contributed by atoms with E-state index in [0.29, 0.717) is 0 Å². The standard InChI is InChI=1S/C20H44O12P4Si4/c1-13-17-37(5,6)29-33(21)25-34(22,30-38(7,8)18-14-2)27-36(24,32-40(11,12)20-16-4)28-35(23,26-33)31-39(9,10)19-15-3/h13-16H,1-4,17-20H2,5-12H3. The molecule has 1 aliphatic heterocycles. The van der Waals surface area contributed by atoms with Gasteiger partial charge in [-0.2, -0.15) is 17.2 Å². The first kappa shape index (κ1) is 38.5. The molecule has 0 N–H and O–H groups in total. The van der Waals surface area contributed by atoms with Gasteiger partial charge in [0.15, 0.2) is 0 Å². The van der Waals surface area contributed by atoms with Crippen molar-refractivity contribution >= 4 is 64.6 Å². The summed E-state index contributed by atoms with van der Waals surface area (Å²) in [5, 5.41) is 0. The van der Waals surface area contributed by atoms with Crippen LogP contribution in [0.4, 0.5) is 0 Å². The highest BCUT2D eigenvalue weighted by molar-refractivity contribution is 7.77. The second-order valence-corrected chi connectivity index (χ2v) is 36.3. The van der Waals surface area contributed by atoms with Gasteiger partial charge >= 0.3 is 31.3 Å². The molecule has 1 rings (SSSR count). The lowest BCUT2D eigenvalue weighted by Gasteiger charge is -2.38. The Kier molecular flexibility index (Phi) is 13.5. The van der Waals surface area contributed by atoms with E-state index >= 15 is 0 Å². The van der Waals surface area contributed by atoms with Gasteiger partial charge in [0.1, 0.15) is 0 Å². The molecule has 0 aliphatic carbocycles. The van der Waals surface area contributed by atoms with Crippen LogP contribution in [0.2, 0.25) is 76.6 Å². The quantitative estimate of drug-likeness (QED) is 0.0853. The first-order chi connectivity index (χ1) is 17.9. The zero-order valence-electron chi connectivity index (χ0n) is 24.7. The van der Waals surface area contributed by atoms with E-state index in [1.165, 1.54) is 24.3 Å². The predicted octanol–water partition coefficient (Wildman–Crippen LogP) is 10.1. The van der Waals surface area contributed by atoms with Gasteiger partial charge in [-0.1, -0.05) is 24.3 Å². The van der Waals surface area contributed by atoms with Crippen LogP contribution in [0.5, 0.6) is 0 Å². The van der Waals surface area contributed by atoms with Gasteiger partial charge in [-0.25, -0.2) is 18.3 Å². The zero-order chi connectivity index (χ0) is 31.3. The molecule has 0 aromatic heterocycles. The molecule has 20 heteroatoms. The van der Waals surface area contributed by atoms with E-state index in [-0.39, 0.29) is 24.2 Å². The Bertz CT molecular complexity index is 956. The van der Waals surface area contributed by atoms with Crippen molar-refractivity contribution in [1.82, 2.24) is 0 Å². The largest absolute Gasteiger partial charge is 0.482 e. The van der Waals surface area contributed by atoms with Crippen molar-refractivity contribution in [3.8, 4) is 0 Å². The lowest BCUT2D eigenvalue weighted by atomic mass is 10.8. The van der Waals surface area contributed by atoms with E-state index in [2.05, 4.69) is 26.3 Å². The van der Waals surface area contributed by atoms with Crippen LogP contribution in [0.25, 0.3) is 0 Å². The molecule has 40 heavy (non-hydrogen) atoms. The molecule has 0 amide bonds. The van der Waals surface area contributed by atoms with Gasteiger partial charge in [-0.15, -0.1) is 26.3 Å². The van der Waals surface area contributed by atoms with E-state index in [4.69, 9.17) is 34.1 Å². The van der Waals surface area contributed by atoms with Crippen LogP contribution < -0.4 is 0 Å². The highest BCUT2D eigenvalue weighted by atomic mass is 31.3. The molecule has 1 saturated heterocycles. The first-order valence-corrected chi connectivity index (χ1v) is 30.7. The maximum Gasteiger partial charge on any atom is 0.482 e. The highest BCUT2D eigenvalue weighted by Crippen LogP contribution is 2.84. The van der Waals surface area contributed by atoms with E-state index in [1.807, 2.05) is 0 Å². The van der Waals surface area contributed by atoms with Gasteiger partial charge in [-0.05, 0) is 76.6 Å². The summed E-state index contributed by atoms with van der Waals surface area (Å²) in [6, 6.07) is 1.05. The van der Waals surface area contributed by atoms with Crippen LogP contribution in [0.1, 0.15) is 0 Å². The Balaban J connectivity index is 3.87. The summed E-state index contributed by atoms with van der Waals surface area (Å²) < 4.78 is 101. The van der Waals surface area contributed by atoms with Gasteiger partial charge in [0.2, 0.25) is 33.3 Å². The summed E-state index contributed by atoms with van der Waals surface area (Å²) >= 11 is 0. The van der Waals surface area contributed by atoms with Gasteiger partial charge in [0.25, 0.3) is 0 Å². The third-order valence-corrected chi connectivity index (χ3v) is 27.8. The number of phosphoric acid groups is 4. The minimum absolute atomic E-state index is 0.262. The fourth-order valence-corrected chi connectivity index (χ4v) is 26.0. The first-order valence-electron chi connectivity index (χ1n) is 12.4. The molecule has 0 unspecified atom stereocenters. The summed E-state index contributed by atoms with van der Waals surface area (Å²) in [6.45, 7) is 27.9.